The molecule has 0 unspecified atom stereocenters. The number of hydrogen-bond acceptors (Lipinski definition) is 5. The Morgan fingerprint density at radius 1 is 0.939 bits per heavy atom. The van der Waals surface area contributed by atoms with Gasteiger partial charge in [-0.15, -0.1) is 0 Å². The number of furan rings is 1. The number of rotatable bonds is 10. The quantitative estimate of drug-likeness (QED) is 0.549. The van der Waals surface area contributed by atoms with E-state index in [1.165, 1.54) is 0 Å². The molecular formula is C26H37N3O4. The molecule has 2 heterocycles. The van der Waals surface area contributed by atoms with Crippen LogP contribution in [0.2, 0.25) is 0 Å². The van der Waals surface area contributed by atoms with Crippen LogP contribution in [-0.4, -0.2) is 72.5 Å². The van der Waals surface area contributed by atoms with Gasteiger partial charge in [-0.1, -0.05) is 51.1 Å². The number of ether oxygens (including phenoxy) is 1. The minimum absolute atomic E-state index is 0.0155. The first kappa shape index (κ1) is 25.0. The fourth-order valence-electron chi connectivity index (χ4n) is 3.83. The summed E-state index contributed by atoms with van der Waals surface area (Å²) in [6.07, 6.45) is 2.02. The van der Waals surface area contributed by atoms with E-state index in [1.54, 1.807) is 16.1 Å². The van der Waals surface area contributed by atoms with Crippen LogP contribution >= 0.6 is 0 Å². The van der Waals surface area contributed by atoms with Gasteiger partial charge in [-0.3, -0.25) is 14.5 Å². The van der Waals surface area contributed by atoms with Crippen molar-refractivity contribution in [2.24, 2.45) is 5.41 Å². The van der Waals surface area contributed by atoms with E-state index >= 15 is 0 Å². The molecule has 1 aliphatic rings. The van der Waals surface area contributed by atoms with Gasteiger partial charge < -0.3 is 19.0 Å². The lowest BCUT2D eigenvalue weighted by atomic mass is 9.91. The molecule has 0 N–H and O–H groups in total. The maximum absolute atomic E-state index is 13.5. The normalized spacial score (nSPS) is 14.8. The van der Waals surface area contributed by atoms with Crippen LogP contribution in [0.3, 0.4) is 0 Å². The van der Waals surface area contributed by atoms with Crippen molar-refractivity contribution in [3.05, 3.63) is 60.1 Å². The molecular weight excluding hydrogens is 418 g/mol. The van der Waals surface area contributed by atoms with Crippen LogP contribution in [0.1, 0.15) is 38.5 Å². The van der Waals surface area contributed by atoms with Crippen molar-refractivity contribution < 1.29 is 18.7 Å². The van der Waals surface area contributed by atoms with Gasteiger partial charge in [0.2, 0.25) is 11.8 Å². The van der Waals surface area contributed by atoms with Gasteiger partial charge in [0, 0.05) is 39.1 Å². The molecule has 3 rings (SSSR count). The second-order valence-electron chi connectivity index (χ2n) is 9.82. The summed E-state index contributed by atoms with van der Waals surface area (Å²) in [4.78, 5) is 32.4. The van der Waals surface area contributed by atoms with E-state index in [0.29, 0.717) is 39.3 Å². The van der Waals surface area contributed by atoms with Gasteiger partial charge in [0.25, 0.3) is 0 Å². The second-order valence-corrected chi connectivity index (χ2v) is 9.82. The topological polar surface area (TPSA) is 66.2 Å². The van der Waals surface area contributed by atoms with Crippen molar-refractivity contribution in [2.75, 3.05) is 45.9 Å². The lowest BCUT2D eigenvalue weighted by Gasteiger charge is -2.32. The Morgan fingerprint density at radius 2 is 1.67 bits per heavy atom. The Balaban J connectivity index is 1.71. The van der Waals surface area contributed by atoms with Crippen LogP contribution in [0.15, 0.2) is 53.1 Å². The number of benzene rings is 1. The van der Waals surface area contributed by atoms with Crippen molar-refractivity contribution in [3.63, 3.8) is 0 Å². The standard InChI is InChI=1S/C26H37N3O4/c1-26(2,3)18-24(30)28(12-11-27-13-16-32-17-14-27)21-25(31)29(20-23-10-7-15-33-23)19-22-8-5-4-6-9-22/h4-10,15H,11-14,16-21H2,1-3H3. The summed E-state index contributed by atoms with van der Waals surface area (Å²) >= 11 is 0. The smallest absolute Gasteiger partial charge is 0.242 e. The Labute approximate surface area is 197 Å². The Hall–Kier alpha value is -2.64. The molecule has 0 radical (unpaired) electrons. The molecule has 0 saturated carbocycles. The van der Waals surface area contributed by atoms with Crippen LogP contribution in [0.5, 0.6) is 0 Å². The first-order valence-electron chi connectivity index (χ1n) is 11.7. The summed E-state index contributed by atoms with van der Waals surface area (Å²) in [6.45, 7) is 11.4. The van der Waals surface area contributed by atoms with Crippen LogP contribution in [0, 0.1) is 5.41 Å². The number of morpholine rings is 1. The molecule has 2 aromatic rings. The molecule has 1 saturated heterocycles. The second kappa shape index (κ2) is 12.0. The van der Waals surface area contributed by atoms with E-state index in [-0.39, 0.29) is 23.8 Å². The van der Waals surface area contributed by atoms with Crippen molar-refractivity contribution in [2.45, 2.75) is 40.3 Å². The van der Waals surface area contributed by atoms with Gasteiger partial charge in [0.15, 0.2) is 0 Å². The van der Waals surface area contributed by atoms with Gasteiger partial charge in [0.05, 0.1) is 32.6 Å². The van der Waals surface area contributed by atoms with E-state index in [2.05, 4.69) is 4.90 Å². The number of hydrogen-bond donors (Lipinski definition) is 0. The first-order valence-corrected chi connectivity index (χ1v) is 11.7. The van der Waals surface area contributed by atoms with Crippen LogP contribution in [0.25, 0.3) is 0 Å². The number of carbonyl (C=O) groups is 2. The number of carbonyl (C=O) groups excluding carboxylic acids is 2. The summed E-state index contributed by atoms with van der Waals surface area (Å²) in [6, 6.07) is 13.6. The molecule has 0 atom stereocenters. The van der Waals surface area contributed by atoms with Gasteiger partial charge in [0.1, 0.15) is 5.76 Å². The molecule has 1 aromatic heterocycles. The monoisotopic (exact) mass is 455 g/mol. The summed E-state index contributed by atoms with van der Waals surface area (Å²) < 4.78 is 10.9. The molecule has 1 aromatic carbocycles. The average Bonchev–Trinajstić information content (AvgIpc) is 3.29. The van der Waals surface area contributed by atoms with Gasteiger partial charge >= 0.3 is 0 Å². The van der Waals surface area contributed by atoms with Gasteiger partial charge in [-0.05, 0) is 23.1 Å². The van der Waals surface area contributed by atoms with E-state index in [1.807, 2.05) is 63.2 Å². The highest BCUT2D eigenvalue weighted by molar-refractivity contribution is 5.85. The van der Waals surface area contributed by atoms with Crippen molar-refractivity contribution in [3.8, 4) is 0 Å². The van der Waals surface area contributed by atoms with Crippen LogP contribution in [0.4, 0.5) is 0 Å². The third-order valence-electron chi connectivity index (χ3n) is 5.65. The van der Waals surface area contributed by atoms with E-state index in [0.717, 1.165) is 31.0 Å². The SMILES string of the molecule is CC(C)(C)CC(=O)N(CCN1CCOCC1)CC(=O)N(Cc1ccccc1)Cc1ccco1. The summed E-state index contributed by atoms with van der Waals surface area (Å²) in [5, 5.41) is 0. The Kier molecular flexibility index (Phi) is 9.09. The first-order chi connectivity index (χ1) is 15.8. The van der Waals surface area contributed by atoms with E-state index in [4.69, 9.17) is 9.15 Å². The highest BCUT2D eigenvalue weighted by atomic mass is 16.5. The fraction of sp³-hybridized carbons (Fsp3) is 0.538. The largest absolute Gasteiger partial charge is 0.467 e. The predicted octanol–water partition coefficient (Wildman–Crippen LogP) is 3.41. The maximum Gasteiger partial charge on any atom is 0.242 e. The molecule has 7 heteroatoms. The van der Waals surface area contributed by atoms with Crippen LogP contribution in [-0.2, 0) is 27.4 Å². The average molecular weight is 456 g/mol. The summed E-state index contributed by atoms with van der Waals surface area (Å²) in [5.41, 5.74) is 0.896. The van der Waals surface area contributed by atoms with Crippen molar-refractivity contribution >= 4 is 11.8 Å². The zero-order valence-electron chi connectivity index (χ0n) is 20.2. The predicted molar refractivity (Wildman–Crippen MR) is 127 cm³/mol. The minimum Gasteiger partial charge on any atom is -0.467 e. The molecule has 180 valence electrons. The van der Waals surface area contributed by atoms with E-state index in [9.17, 15) is 9.59 Å². The third-order valence-corrected chi connectivity index (χ3v) is 5.65. The van der Waals surface area contributed by atoms with E-state index < -0.39 is 0 Å². The third kappa shape index (κ3) is 8.67. The molecule has 2 amide bonds. The molecule has 1 aliphatic heterocycles. The number of amides is 2. The fourth-order valence-corrected chi connectivity index (χ4v) is 3.83. The molecule has 33 heavy (non-hydrogen) atoms. The summed E-state index contributed by atoms with van der Waals surface area (Å²) in [7, 11) is 0. The lowest BCUT2D eigenvalue weighted by molar-refractivity contribution is -0.142. The van der Waals surface area contributed by atoms with Crippen molar-refractivity contribution in [1.29, 1.82) is 0 Å². The Morgan fingerprint density at radius 3 is 2.30 bits per heavy atom. The molecule has 0 spiro atoms. The molecule has 0 aliphatic carbocycles. The number of nitrogens with zero attached hydrogens (tertiary/aromatic N) is 3. The zero-order chi connectivity index (χ0) is 23.7. The van der Waals surface area contributed by atoms with Crippen LogP contribution < -0.4 is 0 Å². The van der Waals surface area contributed by atoms with Crippen molar-refractivity contribution in [1.82, 2.24) is 14.7 Å². The lowest BCUT2D eigenvalue weighted by Crippen LogP contribution is -2.47. The highest BCUT2D eigenvalue weighted by Crippen LogP contribution is 2.20. The molecule has 0 bridgehead atoms. The molecule has 1 fully saturated rings. The maximum atomic E-state index is 13.5. The van der Waals surface area contributed by atoms with Gasteiger partial charge in [-0.2, -0.15) is 0 Å². The molecule has 7 nitrogen and oxygen atoms in total. The zero-order valence-corrected chi connectivity index (χ0v) is 20.2. The summed E-state index contributed by atoms with van der Waals surface area (Å²) in [5.74, 6) is 0.654. The Bertz CT molecular complexity index is 855. The van der Waals surface area contributed by atoms with Gasteiger partial charge in [-0.25, -0.2) is 0 Å². The minimum atomic E-state index is -0.144. The highest BCUT2D eigenvalue weighted by Gasteiger charge is 2.26.